The Balaban J connectivity index is 0.000000182. The molecular weight excluding hydrogens is 296 g/mol. The molecule has 1 N–H and O–H groups in total. The normalized spacial score (nSPS) is 30.4. The Morgan fingerprint density at radius 2 is 1.65 bits per heavy atom. The lowest BCUT2D eigenvalue weighted by atomic mass is 9.67. The highest BCUT2D eigenvalue weighted by molar-refractivity contribution is 4.92. The number of aliphatic hydroxyl groups excluding tert-OH is 1. The molecule has 5 nitrogen and oxygen atoms in total. The number of ether oxygens (including phenoxy) is 4. The zero-order valence-corrected chi connectivity index (χ0v) is 14.5. The van der Waals surface area contributed by atoms with E-state index in [0.29, 0.717) is 12.2 Å². The molecule has 3 fully saturated rings. The number of rotatable bonds is 8. The minimum Gasteiger partial charge on any atom is -0.498 e. The second kappa shape index (κ2) is 9.02. The summed E-state index contributed by atoms with van der Waals surface area (Å²) >= 11 is 0. The third-order valence-corrected chi connectivity index (χ3v) is 5.14. The van der Waals surface area contributed by atoms with Crippen molar-refractivity contribution in [3.8, 4) is 0 Å². The van der Waals surface area contributed by atoms with Crippen molar-refractivity contribution in [3.05, 3.63) is 12.8 Å². The van der Waals surface area contributed by atoms with Crippen molar-refractivity contribution in [1.29, 1.82) is 0 Å². The van der Waals surface area contributed by atoms with Crippen LogP contribution in [-0.2, 0) is 18.9 Å². The molecule has 2 heterocycles. The summed E-state index contributed by atoms with van der Waals surface area (Å²) in [4.78, 5) is 0. The molecule has 0 aromatic rings. The van der Waals surface area contributed by atoms with E-state index in [1.54, 1.807) is 0 Å². The van der Waals surface area contributed by atoms with E-state index in [0.717, 1.165) is 39.3 Å². The van der Waals surface area contributed by atoms with Gasteiger partial charge < -0.3 is 24.1 Å². The second-order valence-electron chi connectivity index (χ2n) is 6.86. The Labute approximate surface area is 139 Å². The van der Waals surface area contributed by atoms with Gasteiger partial charge in [0.1, 0.15) is 18.3 Å². The van der Waals surface area contributed by atoms with Gasteiger partial charge in [0.05, 0.1) is 38.8 Å². The van der Waals surface area contributed by atoms with E-state index in [1.807, 2.05) is 13.8 Å². The van der Waals surface area contributed by atoms with Crippen LogP contribution in [0.25, 0.3) is 0 Å². The highest BCUT2D eigenvalue weighted by Gasteiger charge is 2.42. The Hall–Kier alpha value is -0.620. The standard InChI is InChI=1S/C12H22O2.C6H10O3/c1-4-14-11(3)12(10(2)13)8-6-5-7-9-12;1(5-3-8-5)7-2-6-4-9-6/h4,10-11,13H,1,5-9H2,2-3H3;5-6H,1-4H2. The van der Waals surface area contributed by atoms with E-state index in [4.69, 9.17) is 18.9 Å². The van der Waals surface area contributed by atoms with Gasteiger partial charge in [-0.3, -0.25) is 0 Å². The molecule has 0 spiro atoms. The van der Waals surface area contributed by atoms with Gasteiger partial charge in [0, 0.05) is 5.41 Å². The summed E-state index contributed by atoms with van der Waals surface area (Å²) in [6, 6.07) is 0. The van der Waals surface area contributed by atoms with Crippen molar-refractivity contribution in [2.45, 2.75) is 70.4 Å². The molecule has 2 aliphatic heterocycles. The molecule has 23 heavy (non-hydrogen) atoms. The van der Waals surface area contributed by atoms with E-state index >= 15 is 0 Å². The Kier molecular flexibility index (Phi) is 7.34. The largest absolute Gasteiger partial charge is 0.498 e. The van der Waals surface area contributed by atoms with Gasteiger partial charge in [0.25, 0.3) is 0 Å². The molecule has 3 aliphatic rings. The fourth-order valence-corrected chi connectivity index (χ4v) is 3.31. The van der Waals surface area contributed by atoms with Gasteiger partial charge in [-0.2, -0.15) is 0 Å². The highest BCUT2D eigenvalue weighted by atomic mass is 16.6. The summed E-state index contributed by atoms with van der Waals surface area (Å²) in [5.41, 5.74) is -0.0492. The molecule has 0 bridgehead atoms. The van der Waals surface area contributed by atoms with Crippen molar-refractivity contribution in [3.63, 3.8) is 0 Å². The highest BCUT2D eigenvalue weighted by Crippen LogP contribution is 2.43. The van der Waals surface area contributed by atoms with Gasteiger partial charge in [0.15, 0.2) is 0 Å². The predicted molar refractivity (Wildman–Crippen MR) is 88.2 cm³/mol. The summed E-state index contributed by atoms with van der Waals surface area (Å²) in [6.07, 6.45) is 7.88. The van der Waals surface area contributed by atoms with Gasteiger partial charge in [0.2, 0.25) is 0 Å². The van der Waals surface area contributed by atoms with Gasteiger partial charge in [-0.1, -0.05) is 25.8 Å². The smallest absolute Gasteiger partial charge is 0.104 e. The Morgan fingerprint density at radius 1 is 1.13 bits per heavy atom. The maximum atomic E-state index is 9.91. The third-order valence-electron chi connectivity index (χ3n) is 5.14. The molecule has 0 radical (unpaired) electrons. The summed E-state index contributed by atoms with van der Waals surface area (Å²) < 4.78 is 20.6. The van der Waals surface area contributed by atoms with Crippen LogP contribution in [-0.4, -0.2) is 55.9 Å². The summed E-state index contributed by atoms with van der Waals surface area (Å²) in [6.45, 7) is 10.8. The van der Waals surface area contributed by atoms with Crippen LogP contribution in [0.15, 0.2) is 12.8 Å². The first kappa shape index (κ1) is 18.7. The Bertz CT molecular complexity index is 331. The molecule has 0 amide bonds. The van der Waals surface area contributed by atoms with Crippen LogP contribution in [0.2, 0.25) is 0 Å². The fourth-order valence-electron chi connectivity index (χ4n) is 3.31. The Morgan fingerprint density at radius 3 is 2.04 bits per heavy atom. The summed E-state index contributed by atoms with van der Waals surface area (Å²) in [5, 5.41) is 9.91. The van der Waals surface area contributed by atoms with Crippen LogP contribution < -0.4 is 0 Å². The average molecular weight is 328 g/mol. The second-order valence-corrected chi connectivity index (χ2v) is 6.86. The lowest BCUT2D eigenvalue weighted by molar-refractivity contribution is -0.0812. The summed E-state index contributed by atoms with van der Waals surface area (Å²) in [5.74, 6) is 0. The molecule has 4 atom stereocenters. The lowest BCUT2D eigenvalue weighted by Gasteiger charge is -2.43. The van der Waals surface area contributed by atoms with Gasteiger partial charge in [-0.05, 0) is 26.7 Å². The van der Waals surface area contributed by atoms with Crippen molar-refractivity contribution < 1.29 is 24.1 Å². The van der Waals surface area contributed by atoms with Gasteiger partial charge in [-0.15, -0.1) is 0 Å². The first-order chi connectivity index (χ1) is 11.1. The molecule has 5 heteroatoms. The van der Waals surface area contributed by atoms with Crippen LogP contribution in [0, 0.1) is 5.41 Å². The zero-order valence-electron chi connectivity index (χ0n) is 14.5. The van der Waals surface area contributed by atoms with Gasteiger partial charge in [-0.25, -0.2) is 0 Å². The quantitative estimate of drug-likeness (QED) is 0.548. The first-order valence-corrected chi connectivity index (χ1v) is 8.84. The maximum Gasteiger partial charge on any atom is 0.104 e. The van der Waals surface area contributed by atoms with Crippen molar-refractivity contribution >= 4 is 0 Å². The van der Waals surface area contributed by atoms with Crippen LogP contribution >= 0.6 is 0 Å². The van der Waals surface area contributed by atoms with Crippen LogP contribution in [0.3, 0.4) is 0 Å². The molecule has 2 saturated heterocycles. The summed E-state index contributed by atoms with van der Waals surface area (Å²) in [7, 11) is 0. The minimum absolute atomic E-state index is 0.0492. The zero-order chi connectivity index (χ0) is 16.7. The van der Waals surface area contributed by atoms with E-state index in [9.17, 15) is 5.11 Å². The van der Waals surface area contributed by atoms with Crippen LogP contribution in [0.5, 0.6) is 0 Å². The van der Waals surface area contributed by atoms with E-state index in [2.05, 4.69) is 6.58 Å². The number of epoxide rings is 2. The van der Waals surface area contributed by atoms with Crippen LogP contribution in [0.4, 0.5) is 0 Å². The van der Waals surface area contributed by atoms with Crippen molar-refractivity contribution in [2.24, 2.45) is 5.41 Å². The molecular formula is C18H32O5. The van der Waals surface area contributed by atoms with Crippen molar-refractivity contribution in [1.82, 2.24) is 0 Å². The maximum absolute atomic E-state index is 9.91. The number of hydrogen-bond donors (Lipinski definition) is 1. The van der Waals surface area contributed by atoms with E-state index in [1.165, 1.54) is 25.5 Å². The molecule has 134 valence electrons. The lowest BCUT2D eigenvalue weighted by Crippen LogP contribution is -2.44. The van der Waals surface area contributed by atoms with Gasteiger partial charge >= 0.3 is 0 Å². The molecule has 4 unspecified atom stereocenters. The van der Waals surface area contributed by atoms with Crippen LogP contribution in [0.1, 0.15) is 46.0 Å². The van der Waals surface area contributed by atoms with E-state index in [-0.39, 0.29) is 17.6 Å². The fraction of sp³-hybridized carbons (Fsp3) is 0.889. The monoisotopic (exact) mass is 328 g/mol. The first-order valence-electron chi connectivity index (χ1n) is 8.84. The van der Waals surface area contributed by atoms with Crippen molar-refractivity contribution in [2.75, 3.05) is 26.4 Å². The molecule has 1 saturated carbocycles. The van der Waals surface area contributed by atoms with E-state index < -0.39 is 0 Å². The molecule has 1 aliphatic carbocycles. The average Bonchev–Trinajstić information content (AvgIpc) is 3.44. The topological polar surface area (TPSA) is 63.8 Å². The molecule has 0 aromatic carbocycles. The number of hydrogen-bond acceptors (Lipinski definition) is 5. The minimum atomic E-state index is -0.294. The SMILES string of the molecule is C(OCC1CO1)C1CO1.C=COC(C)C1(C(C)O)CCCCC1. The predicted octanol–water partition coefficient (Wildman–Crippen LogP) is 2.67. The molecule has 0 aromatic heterocycles. The third kappa shape index (κ3) is 6.07. The molecule has 3 rings (SSSR count). The number of aliphatic hydroxyl groups is 1.